The Balaban J connectivity index is 1.70. The van der Waals surface area contributed by atoms with Crippen LogP contribution in [0.5, 0.6) is 0 Å². The van der Waals surface area contributed by atoms with E-state index in [2.05, 4.69) is 38.1 Å². The Morgan fingerprint density at radius 2 is 1.79 bits per heavy atom. The Labute approximate surface area is 170 Å². The van der Waals surface area contributed by atoms with E-state index in [4.69, 9.17) is 4.42 Å². The number of para-hydroxylation sites is 1. The Morgan fingerprint density at radius 1 is 1.07 bits per heavy atom. The molecule has 28 heavy (non-hydrogen) atoms. The Hall–Kier alpha value is -2.64. The Kier molecular flexibility index (Phi) is 5.19. The van der Waals surface area contributed by atoms with Crippen LogP contribution in [0.2, 0.25) is 0 Å². The molecule has 1 aliphatic rings. The number of hydrogen-bond donors (Lipinski definition) is 1. The minimum absolute atomic E-state index is 0.00185. The molecular formula is C21H20BrN3O3. The highest BCUT2D eigenvalue weighted by molar-refractivity contribution is 9.10. The summed E-state index contributed by atoms with van der Waals surface area (Å²) in [7, 11) is 2.09. The number of nitrogens with one attached hydrogen (secondary N) is 1. The fraction of sp³-hybridized carbons (Fsp3) is 0.238. The molecule has 144 valence electrons. The lowest BCUT2D eigenvalue weighted by Gasteiger charge is -2.34. The molecule has 0 bridgehead atoms. The number of hydrogen-bond acceptors (Lipinski definition) is 5. The highest BCUT2D eigenvalue weighted by atomic mass is 79.9. The van der Waals surface area contributed by atoms with Crippen LogP contribution in [0.4, 0.5) is 11.4 Å². The molecule has 1 saturated heterocycles. The monoisotopic (exact) mass is 441 g/mol. The minimum Gasteiger partial charge on any atom is -0.448 e. The van der Waals surface area contributed by atoms with Gasteiger partial charge < -0.3 is 19.5 Å². The van der Waals surface area contributed by atoms with Crippen LogP contribution in [-0.4, -0.2) is 44.0 Å². The molecule has 7 heteroatoms. The number of halogens is 1. The second kappa shape index (κ2) is 7.77. The van der Waals surface area contributed by atoms with Gasteiger partial charge in [-0.1, -0.05) is 22.0 Å². The summed E-state index contributed by atoms with van der Waals surface area (Å²) in [5.74, 6) is -0.448. The Morgan fingerprint density at radius 3 is 2.50 bits per heavy atom. The van der Waals surface area contributed by atoms with Crippen LogP contribution in [0.25, 0.3) is 11.0 Å². The van der Waals surface area contributed by atoms with Gasteiger partial charge in [0.15, 0.2) is 16.8 Å². The van der Waals surface area contributed by atoms with E-state index in [9.17, 15) is 9.59 Å². The molecule has 6 nitrogen and oxygen atoms in total. The van der Waals surface area contributed by atoms with Crippen molar-refractivity contribution in [3.05, 3.63) is 69.0 Å². The molecule has 2 aromatic carbocycles. The first-order valence-electron chi connectivity index (χ1n) is 9.08. The van der Waals surface area contributed by atoms with Crippen molar-refractivity contribution < 1.29 is 9.21 Å². The van der Waals surface area contributed by atoms with E-state index in [1.165, 1.54) is 6.07 Å². The summed E-state index contributed by atoms with van der Waals surface area (Å²) in [6.07, 6.45) is 0. The standard InChI is InChI=1S/C21H20BrN3O3/c1-24-9-11-25(12-10-24)17-4-2-3-16-18(26)13-19(28-20(16)17)21(27)23-15-7-5-14(22)6-8-15/h2-8,13H,9-12H2,1H3,(H,23,27). The minimum atomic E-state index is -0.450. The van der Waals surface area contributed by atoms with Crippen LogP contribution >= 0.6 is 15.9 Å². The highest BCUT2D eigenvalue weighted by Crippen LogP contribution is 2.27. The van der Waals surface area contributed by atoms with E-state index < -0.39 is 5.91 Å². The first kappa shape index (κ1) is 18.7. The molecule has 1 aliphatic heterocycles. The van der Waals surface area contributed by atoms with Gasteiger partial charge in [-0.15, -0.1) is 0 Å². The summed E-state index contributed by atoms with van der Waals surface area (Å²) in [5, 5.41) is 3.25. The predicted molar refractivity (Wildman–Crippen MR) is 114 cm³/mol. The molecule has 1 aromatic heterocycles. The zero-order valence-electron chi connectivity index (χ0n) is 15.4. The number of anilines is 2. The molecule has 3 aromatic rings. The maximum Gasteiger partial charge on any atom is 0.291 e. The van der Waals surface area contributed by atoms with Crippen molar-refractivity contribution in [2.45, 2.75) is 0 Å². The number of piperazine rings is 1. The summed E-state index contributed by atoms with van der Waals surface area (Å²) in [6.45, 7) is 3.55. The average Bonchev–Trinajstić information content (AvgIpc) is 2.70. The summed E-state index contributed by atoms with van der Waals surface area (Å²) in [6, 6.07) is 14.0. The predicted octanol–water partition coefficient (Wildman–Crippen LogP) is 3.56. The molecule has 0 radical (unpaired) electrons. The third-order valence-electron chi connectivity index (χ3n) is 4.90. The van der Waals surface area contributed by atoms with Crippen LogP contribution in [0.1, 0.15) is 10.6 Å². The van der Waals surface area contributed by atoms with Gasteiger partial charge in [-0.05, 0) is 43.4 Å². The maximum atomic E-state index is 12.6. The maximum absolute atomic E-state index is 12.6. The summed E-state index contributed by atoms with van der Waals surface area (Å²) in [4.78, 5) is 29.7. The van der Waals surface area contributed by atoms with Crippen molar-refractivity contribution in [1.82, 2.24) is 4.90 Å². The molecule has 1 fully saturated rings. The van der Waals surface area contributed by atoms with Crippen LogP contribution in [0.3, 0.4) is 0 Å². The SMILES string of the molecule is CN1CCN(c2cccc3c(=O)cc(C(=O)Nc4ccc(Br)cc4)oc23)CC1. The molecular weight excluding hydrogens is 422 g/mol. The number of likely N-dealkylation sites (N-methyl/N-ethyl adjacent to an activating group) is 1. The molecule has 0 unspecified atom stereocenters. The van der Waals surface area contributed by atoms with Gasteiger partial charge in [-0.2, -0.15) is 0 Å². The molecule has 0 saturated carbocycles. The van der Waals surface area contributed by atoms with E-state index in [-0.39, 0.29) is 11.2 Å². The summed E-state index contributed by atoms with van der Waals surface area (Å²) in [5.41, 5.74) is 1.71. The summed E-state index contributed by atoms with van der Waals surface area (Å²) >= 11 is 3.36. The molecule has 1 N–H and O–H groups in total. The third kappa shape index (κ3) is 3.81. The first-order valence-corrected chi connectivity index (χ1v) is 9.88. The van der Waals surface area contributed by atoms with Gasteiger partial charge in [0.05, 0.1) is 11.1 Å². The van der Waals surface area contributed by atoms with Gasteiger partial charge >= 0.3 is 0 Å². The topological polar surface area (TPSA) is 65.8 Å². The van der Waals surface area contributed by atoms with E-state index in [0.717, 1.165) is 36.3 Å². The van der Waals surface area contributed by atoms with Crippen LogP contribution in [0.15, 0.2) is 62.2 Å². The largest absolute Gasteiger partial charge is 0.448 e. The molecule has 4 rings (SSSR count). The second-order valence-electron chi connectivity index (χ2n) is 6.88. The van der Waals surface area contributed by atoms with E-state index in [0.29, 0.717) is 16.7 Å². The fourth-order valence-corrected chi connectivity index (χ4v) is 3.56. The van der Waals surface area contributed by atoms with Crippen molar-refractivity contribution >= 4 is 44.2 Å². The normalized spacial score (nSPS) is 15.0. The van der Waals surface area contributed by atoms with Crippen LogP contribution in [0, 0.1) is 0 Å². The average molecular weight is 442 g/mol. The zero-order valence-corrected chi connectivity index (χ0v) is 17.0. The summed E-state index contributed by atoms with van der Waals surface area (Å²) < 4.78 is 6.85. The van der Waals surface area contributed by atoms with Crippen LogP contribution < -0.4 is 15.6 Å². The number of benzene rings is 2. The lowest BCUT2D eigenvalue weighted by molar-refractivity contribution is 0.0997. The van der Waals surface area contributed by atoms with E-state index >= 15 is 0 Å². The van der Waals surface area contributed by atoms with Gasteiger partial charge in [-0.25, -0.2) is 0 Å². The number of amides is 1. The van der Waals surface area contributed by atoms with Crippen molar-refractivity contribution in [2.75, 3.05) is 43.4 Å². The highest BCUT2D eigenvalue weighted by Gasteiger charge is 2.20. The molecule has 0 spiro atoms. The van der Waals surface area contributed by atoms with Gasteiger partial charge in [0.2, 0.25) is 0 Å². The van der Waals surface area contributed by atoms with Crippen molar-refractivity contribution in [3.63, 3.8) is 0 Å². The number of rotatable bonds is 3. The first-order chi connectivity index (χ1) is 13.5. The van der Waals surface area contributed by atoms with Crippen molar-refractivity contribution in [1.29, 1.82) is 0 Å². The second-order valence-corrected chi connectivity index (χ2v) is 7.80. The quantitative estimate of drug-likeness (QED) is 0.672. The Bertz CT molecular complexity index is 1070. The lowest BCUT2D eigenvalue weighted by Crippen LogP contribution is -2.44. The number of fused-ring (bicyclic) bond motifs is 1. The fourth-order valence-electron chi connectivity index (χ4n) is 3.30. The van der Waals surface area contributed by atoms with E-state index in [1.807, 2.05) is 24.3 Å². The number of carbonyl (C=O) groups is 1. The van der Waals surface area contributed by atoms with Gasteiger partial charge in [-0.3, -0.25) is 9.59 Å². The molecule has 0 atom stereocenters. The smallest absolute Gasteiger partial charge is 0.291 e. The third-order valence-corrected chi connectivity index (χ3v) is 5.43. The zero-order chi connectivity index (χ0) is 19.7. The molecule has 1 amide bonds. The van der Waals surface area contributed by atoms with Gasteiger partial charge in [0.1, 0.15) is 0 Å². The number of nitrogens with zero attached hydrogens (tertiary/aromatic N) is 2. The van der Waals surface area contributed by atoms with Crippen molar-refractivity contribution in [3.8, 4) is 0 Å². The number of carbonyl (C=O) groups excluding carboxylic acids is 1. The van der Waals surface area contributed by atoms with Crippen LogP contribution in [-0.2, 0) is 0 Å². The molecule has 2 heterocycles. The van der Waals surface area contributed by atoms with Gasteiger partial charge in [0, 0.05) is 42.4 Å². The van der Waals surface area contributed by atoms with E-state index in [1.54, 1.807) is 18.2 Å². The van der Waals surface area contributed by atoms with Crippen molar-refractivity contribution in [2.24, 2.45) is 0 Å². The van der Waals surface area contributed by atoms with Gasteiger partial charge in [0.25, 0.3) is 5.91 Å². The lowest BCUT2D eigenvalue weighted by atomic mass is 10.1. The molecule has 0 aliphatic carbocycles.